The van der Waals surface area contributed by atoms with Crippen molar-refractivity contribution in [3.63, 3.8) is 0 Å². The molecule has 8 nitrogen and oxygen atoms in total. The van der Waals surface area contributed by atoms with Gasteiger partial charge in [-0.3, -0.25) is 4.79 Å². The molecule has 1 amide bonds. The molecule has 4 aromatic rings. The van der Waals surface area contributed by atoms with Crippen molar-refractivity contribution < 1.29 is 4.79 Å². The second-order valence-corrected chi connectivity index (χ2v) is 8.56. The van der Waals surface area contributed by atoms with Crippen LogP contribution in [0.2, 0.25) is 0 Å². The quantitative estimate of drug-likeness (QED) is 0.535. The van der Waals surface area contributed by atoms with E-state index in [1.54, 1.807) is 10.7 Å². The Balaban J connectivity index is 1.49. The van der Waals surface area contributed by atoms with Crippen LogP contribution < -0.4 is 15.5 Å². The number of hydrogen-bond donors (Lipinski definition) is 1. The number of rotatable bonds is 4. The average Bonchev–Trinajstić information content (AvgIpc) is 3.42. The van der Waals surface area contributed by atoms with Gasteiger partial charge in [0.05, 0.1) is 17.6 Å². The number of nitrogens with two attached hydrogens (primary N) is 1. The van der Waals surface area contributed by atoms with E-state index in [1.807, 2.05) is 18.3 Å². The van der Waals surface area contributed by atoms with Gasteiger partial charge < -0.3 is 15.5 Å². The number of carbonyl (C=O) groups excluding carboxylic acids is 1. The minimum absolute atomic E-state index is 0.314. The molecular formula is C22H19N7OS. The maximum absolute atomic E-state index is 11.5. The Morgan fingerprint density at radius 3 is 2.87 bits per heavy atom. The van der Waals surface area contributed by atoms with Crippen LogP contribution in [0.3, 0.4) is 0 Å². The van der Waals surface area contributed by atoms with E-state index in [-0.39, 0.29) is 0 Å². The largest absolute Gasteiger partial charge is 0.371 e. The molecule has 154 valence electrons. The van der Waals surface area contributed by atoms with Crippen LogP contribution in [0.5, 0.6) is 0 Å². The molecule has 0 bridgehead atoms. The SMILES string of the molecule is CN1CCN(Cc2cnc3c(C(N)=O)cnn3c2)c2cc(-c3ccc(C#N)s3)ccc21. The summed E-state index contributed by atoms with van der Waals surface area (Å²) in [5.74, 6) is -0.538. The lowest BCUT2D eigenvalue weighted by atomic mass is 10.1. The number of nitriles is 1. The van der Waals surface area contributed by atoms with E-state index in [4.69, 9.17) is 11.0 Å². The van der Waals surface area contributed by atoms with Crippen molar-refractivity contribution in [1.82, 2.24) is 14.6 Å². The number of nitrogens with zero attached hydrogens (tertiary/aromatic N) is 6. The lowest BCUT2D eigenvalue weighted by molar-refractivity contribution is 0.100. The summed E-state index contributed by atoms with van der Waals surface area (Å²) in [7, 11) is 2.09. The standard InChI is InChI=1S/C22H19N7OS/c1-27-6-7-28(12-14-10-25-22-17(21(24)30)11-26-29(22)13-14)19-8-15(2-4-18(19)27)20-5-3-16(9-23)31-20/h2-5,8,10-11,13H,6-7,12H2,1H3,(H2,24,30). The van der Waals surface area contributed by atoms with Crippen molar-refractivity contribution in [1.29, 1.82) is 5.26 Å². The van der Waals surface area contributed by atoms with E-state index >= 15 is 0 Å². The van der Waals surface area contributed by atoms with Crippen molar-refractivity contribution in [2.45, 2.75) is 6.54 Å². The lowest BCUT2D eigenvalue weighted by Gasteiger charge is -2.37. The number of hydrogen-bond acceptors (Lipinski definition) is 7. The van der Waals surface area contributed by atoms with Gasteiger partial charge in [0, 0.05) is 49.5 Å². The van der Waals surface area contributed by atoms with Crippen LogP contribution in [0.25, 0.3) is 16.1 Å². The summed E-state index contributed by atoms with van der Waals surface area (Å²) in [6.45, 7) is 2.44. The second-order valence-electron chi connectivity index (χ2n) is 7.48. The topological polar surface area (TPSA) is 104 Å². The van der Waals surface area contributed by atoms with Crippen LogP contribution in [-0.2, 0) is 6.54 Å². The predicted octanol–water partition coefficient (Wildman–Crippen LogP) is 2.88. The fourth-order valence-corrected chi connectivity index (χ4v) is 4.67. The van der Waals surface area contributed by atoms with Gasteiger partial charge in [0.2, 0.25) is 0 Å². The van der Waals surface area contributed by atoms with Crippen LogP contribution in [-0.4, -0.2) is 40.6 Å². The van der Waals surface area contributed by atoms with E-state index in [0.29, 0.717) is 22.6 Å². The van der Waals surface area contributed by atoms with E-state index in [1.165, 1.54) is 17.5 Å². The average molecular weight is 430 g/mol. The number of thiophene rings is 1. The van der Waals surface area contributed by atoms with Crippen LogP contribution in [0.15, 0.2) is 48.9 Å². The molecule has 0 fully saturated rings. The Labute approximate surface area is 182 Å². The molecule has 31 heavy (non-hydrogen) atoms. The molecule has 9 heteroatoms. The number of fused-ring (bicyclic) bond motifs is 2. The van der Waals surface area contributed by atoms with E-state index in [2.05, 4.69) is 51.2 Å². The predicted molar refractivity (Wildman–Crippen MR) is 120 cm³/mol. The van der Waals surface area contributed by atoms with Gasteiger partial charge in [-0.15, -0.1) is 11.3 Å². The monoisotopic (exact) mass is 429 g/mol. The summed E-state index contributed by atoms with van der Waals surface area (Å²) in [5, 5.41) is 13.4. The van der Waals surface area contributed by atoms with E-state index in [9.17, 15) is 4.79 Å². The van der Waals surface area contributed by atoms with Gasteiger partial charge >= 0.3 is 0 Å². The number of anilines is 2. The maximum atomic E-state index is 11.5. The zero-order valence-electron chi connectivity index (χ0n) is 16.8. The Kier molecular flexibility index (Phi) is 4.56. The summed E-state index contributed by atoms with van der Waals surface area (Å²) in [6, 6.07) is 12.5. The molecule has 0 aliphatic carbocycles. The Hall–Kier alpha value is -3.90. The molecule has 5 rings (SSSR count). The number of likely N-dealkylation sites (N-methyl/N-ethyl adjacent to an activating group) is 1. The summed E-state index contributed by atoms with van der Waals surface area (Å²) in [4.78, 5) is 22.3. The maximum Gasteiger partial charge on any atom is 0.254 e. The molecule has 0 spiro atoms. The molecular weight excluding hydrogens is 410 g/mol. The van der Waals surface area contributed by atoms with Crippen molar-refractivity contribution in [3.8, 4) is 16.5 Å². The second kappa shape index (κ2) is 7.41. The number of carbonyl (C=O) groups is 1. The van der Waals surface area contributed by atoms with Crippen molar-refractivity contribution in [2.75, 3.05) is 29.9 Å². The van der Waals surface area contributed by atoms with Gasteiger partial charge in [0.1, 0.15) is 16.5 Å². The summed E-state index contributed by atoms with van der Waals surface area (Å²) in [5.41, 5.74) is 10.5. The fraction of sp³-hybridized carbons (Fsp3) is 0.182. The molecule has 1 aromatic carbocycles. The Bertz CT molecular complexity index is 1350. The molecule has 1 aliphatic rings. The van der Waals surface area contributed by atoms with Crippen LogP contribution >= 0.6 is 11.3 Å². The Morgan fingerprint density at radius 1 is 1.23 bits per heavy atom. The van der Waals surface area contributed by atoms with Gasteiger partial charge in [-0.25, -0.2) is 9.50 Å². The molecule has 1 aliphatic heterocycles. The first-order chi connectivity index (χ1) is 15.0. The molecule has 4 heterocycles. The third-order valence-electron chi connectivity index (χ3n) is 5.48. The highest BCUT2D eigenvalue weighted by Crippen LogP contribution is 2.38. The number of primary amides is 1. The first kappa shape index (κ1) is 19.1. The van der Waals surface area contributed by atoms with Crippen molar-refractivity contribution >= 4 is 34.3 Å². The Morgan fingerprint density at radius 2 is 2.10 bits per heavy atom. The first-order valence-corrected chi connectivity index (χ1v) is 10.6. The van der Waals surface area contributed by atoms with E-state index < -0.39 is 5.91 Å². The van der Waals surface area contributed by atoms with Crippen LogP contribution in [0, 0.1) is 11.3 Å². The first-order valence-electron chi connectivity index (χ1n) is 9.76. The highest BCUT2D eigenvalue weighted by atomic mass is 32.1. The minimum Gasteiger partial charge on any atom is -0.371 e. The van der Waals surface area contributed by atoms with Gasteiger partial charge in [0.25, 0.3) is 5.91 Å². The summed E-state index contributed by atoms with van der Waals surface area (Å²) >= 11 is 1.50. The molecule has 0 saturated heterocycles. The number of benzene rings is 1. The minimum atomic E-state index is -0.538. The third-order valence-corrected chi connectivity index (χ3v) is 6.52. The summed E-state index contributed by atoms with van der Waals surface area (Å²) in [6.07, 6.45) is 5.10. The van der Waals surface area contributed by atoms with Crippen LogP contribution in [0.1, 0.15) is 20.8 Å². The zero-order chi connectivity index (χ0) is 21.5. The van der Waals surface area contributed by atoms with Gasteiger partial charge in [-0.1, -0.05) is 6.07 Å². The molecule has 2 N–H and O–H groups in total. The fourth-order valence-electron chi connectivity index (χ4n) is 3.87. The highest BCUT2D eigenvalue weighted by Gasteiger charge is 2.22. The number of aromatic nitrogens is 3. The van der Waals surface area contributed by atoms with Gasteiger partial charge in [-0.05, 0) is 29.8 Å². The van der Waals surface area contributed by atoms with Gasteiger partial charge in [-0.2, -0.15) is 10.4 Å². The molecule has 0 radical (unpaired) electrons. The highest BCUT2D eigenvalue weighted by molar-refractivity contribution is 7.16. The molecule has 0 atom stereocenters. The normalized spacial score (nSPS) is 13.3. The number of amides is 1. The smallest absolute Gasteiger partial charge is 0.254 e. The molecule has 0 unspecified atom stereocenters. The van der Waals surface area contributed by atoms with Crippen molar-refractivity contribution in [3.05, 3.63) is 64.9 Å². The summed E-state index contributed by atoms with van der Waals surface area (Å²) < 4.78 is 1.60. The van der Waals surface area contributed by atoms with Crippen LogP contribution in [0.4, 0.5) is 11.4 Å². The van der Waals surface area contributed by atoms with Gasteiger partial charge in [0.15, 0.2) is 5.65 Å². The zero-order valence-corrected chi connectivity index (χ0v) is 17.6. The third kappa shape index (κ3) is 3.37. The van der Waals surface area contributed by atoms with Crippen molar-refractivity contribution in [2.24, 2.45) is 5.73 Å². The molecule has 3 aromatic heterocycles. The van der Waals surface area contributed by atoms with E-state index in [0.717, 1.165) is 40.5 Å². The molecule has 0 saturated carbocycles. The lowest BCUT2D eigenvalue weighted by Crippen LogP contribution is -2.38.